The Hall–Kier alpha value is -0.610. The molecular formula is C9H19NO3. The van der Waals surface area contributed by atoms with E-state index >= 15 is 0 Å². The van der Waals surface area contributed by atoms with Gasteiger partial charge in [0.25, 0.3) is 0 Å². The number of hydrogen-bond acceptors (Lipinski definition) is 4. The first kappa shape index (κ1) is 12.4. The van der Waals surface area contributed by atoms with Gasteiger partial charge in [0.2, 0.25) is 0 Å². The summed E-state index contributed by atoms with van der Waals surface area (Å²) in [7, 11) is 3.86. The van der Waals surface area contributed by atoms with Crippen LogP contribution >= 0.6 is 0 Å². The molecule has 78 valence electrons. The van der Waals surface area contributed by atoms with Crippen molar-refractivity contribution in [3.8, 4) is 0 Å². The molecule has 0 heterocycles. The molecule has 4 nitrogen and oxygen atoms in total. The van der Waals surface area contributed by atoms with Crippen LogP contribution in [0.1, 0.15) is 13.3 Å². The second-order valence-corrected chi connectivity index (χ2v) is 3.22. The van der Waals surface area contributed by atoms with E-state index in [1.807, 2.05) is 19.0 Å². The van der Waals surface area contributed by atoms with Gasteiger partial charge in [-0.2, -0.15) is 0 Å². The molecule has 0 aliphatic heterocycles. The Labute approximate surface area is 79.5 Å². The molecule has 0 bridgehead atoms. The van der Waals surface area contributed by atoms with Crippen molar-refractivity contribution in [2.24, 2.45) is 5.92 Å². The van der Waals surface area contributed by atoms with Gasteiger partial charge in [0.15, 0.2) is 0 Å². The first-order valence-corrected chi connectivity index (χ1v) is 4.54. The Bertz CT molecular complexity index is 148. The summed E-state index contributed by atoms with van der Waals surface area (Å²) in [5.41, 5.74) is 0. The van der Waals surface area contributed by atoms with Crippen molar-refractivity contribution in [3.63, 3.8) is 0 Å². The standard InChI is InChI=1S/C9H19NO3/c1-4-13-9(12)8(7-11)5-6-10(2)3/h8,11H,4-7H2,1-3H3. The largest absolute Gasteiger partial charge is 0.466 e. The molecule has 1 atom stereocenters. The van der Waals surface area contributed by atoms with Crippen LogP contribution in [-0.2, 0) is 9.53 Å². The fourth-order valence-electron chi connectivity index (χ4n) is 0.958. The second-order valence-electron chi connectivity index (χ2n) is 3.22. The number of hydrogen-bond donors (Lipinski definition) is 1. The highest BCUT2D eigenvalue weighted by molar-refractivity contribution is 5.72. The van der Waals surface area contributed by atoms with E-state index in [9.17, 15) is 4.79 Å². The number of nitrogens with zero attached hydrogens (tertiary/aromatic N) is 1. The predicted octanol–water partition coefficient (Wildman–Crippen LogP) is 0.110. The fraction of sp³-hybridized carbons (Fsp3) is 0.889. The SMILES string of the molecule is CCOC(=O)C(CO)CCN(C)C. The molecule has 0 aromatic heterocycles. The number of ether oxygens (including phenoxy) is 1. The Morgan fingerprint density at radius 3 is 2.54 bits per heavy atom. The zero-order valence-corrected chi connectivity index (χ0v) is 8.62. The number of aliphatic hydroxyl groups is 1. The maximum atomic E-state index is 11.2. The zero-order chi connectivity index (χ0) is 10.3. The third kappa shape index (κ3) is 5.60. The lowest BCUT2D eigenvalue weighted by Gasteiger charge is -2.15. The molecule has 0 aromatic rings. The Kier molecular flexibility index (Phi) is 6.54. The van der Waals surface area contributed by atoms with Crippen molar-refractivity contribution < 1.29 is 14.6 Å². The van der Waals surface area contributed by atoms with Gasteiger partial charge in [-0.05, 0) is 34.0 Å². The van der Waals surface area contributed by atoms with Gasteiger partial charge in [-0.15, -0.1) is 0 Å². The second kappa shape index (κ2) is 6.86. The minimum absolute atomic E-state index is 0.132. The van der Waals surface area contributed by atoms with Gasteiger partial charge in [0, 0.05) is 0 Å². The van der Waals surface area contributed by atoms with E-state index in [0.29, 0.717) is 13.0 Å². The summed E-state index contributed by atoms with van der Waals surface area (Å²) in [6.07, 6.45) is 0.641. The van der Waals surface area contributed by atoms with Gasteiger partial charge in [-0.3, -0.25) is 4.79 Å². The molecule has 13 heavy (non-hydrogen) atoms. The summed E-state index contributed by atoms with van der Waals surface area (Å²) < 4.78 is 4.81. The van der Waals surface area contributed by atoms with E-state index < -0.39 is 0 Å². The summed E-state index contributed by atoms with van der Waals surface area (Å²) in [6, 6.07) is 0. The Morgan fingerprint density at radius 2 is 2.15 bits per heavy atom. The van der Waals surface area contributed by atoms with Crippen molar-refractivity contribution >= 4 is 5.97 Å². The molecule has 0 aliphatic carbocycles. The lowest BCUT2D eigenvalue weighted by Crippen LogP contribution is -2.26. The highest BCUT2D eigenvalue weighted by atomic mass is 16.5. The van der Waals surface area contributed by atoms with Crippen molar-refractivity contribution in [3.05, 3.63) is 0 Å². The van der Waals surface area contributed by atoms with Gasteiger partial charge in [-0.1, -0.05) is 0 Å². The van der Waals surface area contributed by atoms with E-state index in [1.54, 1.807) is 6.92 Å². The predicted molar refractivity (Wildman–Crippen MR) is 50.4 cm³/mol. The fourth-order valence-corrected chi connectivity index (χ4v) is 0.958. The van der Waals surface area contributed by atoms with Crippen molar-refractivity contribution in [2.45, 2.75) is 13.3 Å². The molecule has 0 rings (SSSR count). The van der Waals surface area contributed by atoms with Gasteiger partial charge in [0.05, 0.1) is 19.1 Å². The van der Waals surface area contributed by atoms with Gasteiger partial charge in [-0.25, -0.2) is 0 Å². The molecular weight excluding hydrogens is 170 g/mol. The topological polar surface area (TPSA) is 49.8 Å². The van der Waals surface area contributed by atoms with Crippen molar-refractivity contribution in [1.29, 1.82) is 0 Å². The first-order chi connectivity index (χ1) is 6.11. The van der Waals surface area contributed by atoms with E-state index in [4.69, 9.17) is 9.84 Å². The molecule has 0 aromatic carbocycles. The lowest BCUT2D eigenvalue weighted by molar-refractivity contribution is -0.149. The zero-order valence-electron chi connectivity index (χ0n) is 8.62. The molecule has 0 radical (unpaired) electrons. The number of carbonyl (C=O) groups excluding carboxylic acids is 1. The summed E-state index contributed by atoms with van der Waals surface area (Å²) in [5.74, 6) is -0.672. The molecule has 1 N–H and O–H groups in total. The molecule has 1 unspecified atom stereocenters. The monoisotopic (exact) mass is 189 g/mol. The molecule has 0 saturated carbocycles. The summed E-state index contributed by atoms with van der Waals surface area (Å²) >= 11 is 0. The first-order valence-electron chi connectivity index (χ1n) is 4.54. The molecule has 0 spiro atoms. The van der Waals surface area contributed by atoms with Crippen LogP contribution in [0.2, 0.25) is 0 Å². The third-order valence-corrected chi connectivity index (χ3v) is 1.77. The molecule has 0 fully saturated rings. The van der Waals surface area contributed by atoms with E-state index in [-0.39, 0.29) is 18.5 Å². The van der Waals surface area contributed by atoms with Crippen LogP contribution in [0.3, 0.4) is 0 Å². The van der Waals surface area contributed by atoms with Crippen LogP contribution in [0.5, 0.6) is 0 Å². The minimum atomic E-state index is -0.373. The van der Waals surface area contributed by atoms with Gasteiger partial charge < -0.3 is 14.7 Å². The normalized spacial score (nSPS) is 13.0. The van der Waals surface area contributed by atoms with Crippen molar-refractivity contribution in [2.75, 3.05) is 33.9 Å². The minimum Gasteiger partial charge on any atom is -0.466 e. The van der Waals surface area contributed by atoms with Crippen LogP contribution in [-0.4, -0.2) is 49.8 Å². The van der Waals surface area contributed by atoms with Gasteiger partial charge >= 0.3 is 5.97 Å². The van der Waals surface area contributed by atoms with Crippen molar-refractivity contribution in [1.82, 2.24) is 4.90 Å². The molecule has 0 aliphatic rings. The van der Waals surface area contributed by atoms with Crippen LogP contribution < -0.4 is 0 Å². The molecule has 0 saturated heterocycles. The number of rotatable bonds is 6. The van der Waals surface area contributed by atoms with Crippen LogP contribution in [0.4, 0.5) is 0 Å². The summed E-state index contributed by atoms with van der Waals surface area (Å²) in [6.45, 7) is 2.78. The summed E-state index contributed by atoms with van der Waals surface area (Å²) in [5, 5.41) is 8.92. The number of esters is 1. The van der Waals surface area contributed by atoms with E-state index in [2.05, 4.69) is 0 Å². The smallest absolute Gasteiger partial charge is 0.311 e. The molecule has 4 heteroatoms. The average Bonchev–Trinajstić information content (AvgIpc) is 2.05. The van der Waals surface area contributed by atoms with Gasteiger partial charge in [0.1, 0.15) is 0 Å². The Balaban J connectivity index is 3.80. The average molecular weight is 189 g/mol. The number of carbonyl (C=O) groups is 1. The maximum Gasteiger partial charge on any atom is 0.311 e. The number of aliphatic hydroxyl groups excluding tert-OH is 1. The van der Waals surface area contributed by atoms with Crippen LogP contribution in [0.15, 0.2) is 0 Å². The lowest BCUT2D eigenvalue weighted by atomic mass is 10.1. The maximum absolute atomic E-state index is 11.2. The highest BCUT2D eigenvalue weighted by Gasteiger charge is 2.18. The summed E-state index contributed by atoms with van der Waals surface area (Å²) in [4.78, 5) is 13.2. The van der Waals surface area contributed by atoms with E-state index in [1.165, 1.54) is 0 Å². The Morgan fingerprint density at radius 1 is 1.54 bits per heavy atom. The quantitative estimate of drug-likeness (QED) is 0.602. The van der Waals surface area contributed by atoms with Crippen LogP contribution in [0, 0.1) is 5.92 Å². The third-order valence-electron chi connectivity index (χ3n) is 1.77. The van der Waals surface area contributed by atoms with E-state index in [0.717, 1.165) is 6.54 Å². The highest BCUT2D eigenvalue weighted by Crippen LogP contribution is 2.05. The molecule has 0 amide bonds. The van der Waals surface area contributed by atoms with Crippen LogP contribution in [0.25, 0.3) is 0 Å².